The van der Waals surface area contributed by atoms with E-state index in [0.29, 0.717) is 37.1 Å². The molecule has 4 aliphatic rings. The topological polar surface area (TPSA) is 42.4 Å². The summed E-state index contributed by atoms with van der Waals surface area (Å²) < 4.78 is 46.7. The summed E-state index contributed by atoms with van der Waals surface area (Å²) in [5.74, 6) is 2.99. The van der Waals surface area contributed by atoms with Crippen LogP contribution in [0.1, 0.15) is 55.7 Å². The van der Waals surface area contributed by atoms with E-state index in [4.69, 9.17) is 11.2 Å². The molecule has 1 aromatic rings. The van der Waals surface area contributed by atoms with Gasteiger partial charge >= 0.3 is 6.18 Å². The third-order valence-corrected chi connectivity index (χ3v) is 7.14. The van der Waals surface area contributed by atoms with E-state index in [2.05, 4.69) is 10.9 Å². The highest BCUT2D eigenvalue weighted by molar-refractivity contribution is 5.85. The van der Waals surface area contributed by atoms with Crippen molar-refractivity contribution in [1.82, 2.24) is 9.88 Å². The molecule has 3 heterocycles. The van der Waals surface area contributed by atoms with Crippen molar-refractivity contribution >= 4 is 5.91 Å². The highest BCUT2D eigenvalue weighted by atomic mass is 19.4. The largest absolute Gasteiger partial charge is 0.487 e. The fraction of sp³-hybridized carbons (Fsp3) is 0.600. The molecule has 2 saturated carbocycles. The Kier molecular flexibility index (Phi) is 3.24. The lowest BCUT2D eigenvalue weighted by Gasteiger charge is -2.34. The van der Waals surface area contributed by atoms with Crippen molar-refractivity contribution in [2.45, 2.75) is 56.8 Å². The van der Waals surface area contributed by atoms with E-state index in [9.17, 15) is 18.0 Å². The maximum absolute atomic E-state index is 13.6. The first-order valence-corrected chi connectivity index (χ1v) is 9.28. The molecule has 0 unspecified atom stereocenters. The van der Waals surface area contributed by atoms with Gasteiger partial charge in [-0.05, 0) is 32.1 Å². The molecule has 0 spiro atoms. The Morgan fingerprint density at radius 3 is 2.67 bits per heavy atom. The predicted molar refractivity (Wildman–Crippen MR) is 89.7 cm³/mol. The highest BCUT2D eigenvalue weighted by Crippen LogP contribution is 2.68. The van der Waals surface area contributed by atoms with E-state index < -0.39 is 17.0 Å². The molecule has 27 heavy (non-hydrogen) atoms. The lowest BCUT2D eigenvalue weighted by Crippen LogP contribution is -2.41. The summed E-state index contributed by atoms with van der Waals surface area (Å²) in [6.07, 6.45) is 5.62. The monoisotopic (exact) mass is 376 g/mol. The summed E-state index contributed by atoms with van der Waals surface area (Å²) in [7, 11) is 0. The summed E-state index contributed by atoms with van der Waals surface area (Å²) in [4.78, 5) is 19.3. The fourth-order valence-electron chi connectivity index (χ4n) is 5.69. The zero-order valence-corrected chi connectivity index (χ0v) is 14.7. The quantitative estimate of drug-likeness (QED) is 0.704. The predicted octanol–water partition coefficient (Wildman–Crippen LogP) is 3.61. The second-order valence-electron chi connectivity index (χ2n) is 8.43. The molecule has 3 fully saturated rings. The maximum atomic E-state index is 13.6. The van der Waals surface area contributed by atoms with Crippen molar-refractivity contribution in [1.29, 1.82) is 0 Å². The molecule has 0 aromatic carbocycles. The van der Waals surface area contributed by atoms with Crippen LogP contribution in [0.5, 0.6) is 5.75 Å². The molecular weight excluding hydrogens is 357 g/mol. The van der Waals surface area contributed by atoms with Gasteiger partial charge in [-0.1, -0.05) is 5.92 Å². The van der Waals surface area contributed by atoms with Crippen LogP contribution >= 0.6 is 0 Å². The number of nitrogens with zero attached hydrogens (tertiary/aromatic N) is 2. The fourth-order valence-corrected chi connectivity index (χ4v) is 5.69. The third-order valence-electron chi connectivity index (χ3n) is 7.14. The van der Waals surface area contributed by atoms with Gasteiger partial charge in [-0.25, -0.2) is 0 Å². The number of ether oxygens (including phenoxy) is 1. The van der Waals surface area contributed by atoms with Gasteiger partial charge in [-0.15, -0.1) is 6.42 Å². The zero-order valence-electron chi connectivity index (χ0n) is 14.7. The number of likely N-dealkylation sites (tertiary alicyclic amines) is 1. The van der Waals surface area contributed by atoms with Gasteiger partial charge in [0.1, 0.15) is 11.9 Å². The zero-order chi connectivity index (χ0) is 19.0. The minimum Gasteiger partial charge on any atom is -0.487 e. The number of carbonyl (C=O) groups excluding carboxylic acids is 1. The van der Waals surface area contributed by atoms with Gasteiger partial charge in [0.25, 0.3) is 0 Å². The van der Waals surface area contributed by atoms with E-state index in [1.54, 1.807) is 17.3 Å². The summed E-state index contributed by atoms with van der Waals surface area (Å²) in [6, 6.07) is -0.220. The number of hydrogen-bond acceptors (Lipinski definition) is 3. The van der Waals surface area contributed by atoms with Crippen LogP contribution in [0.25, 0.3) is 0 Å². The van der Waals surface area contributed by atoms with Gasteiger partial charge in [0.15, 0.2) is 0 Å². The van der Waals surface area contributed by atoms with Crippen LogP contribution in [0.15, 0.2) is 12.4 Å². The average molecular weight is 376 g/mol. The van der Waals surface area contributed by atoms with E-state index in [1.807, 2.05) is 0 Å². The molecule has 2 atom stereocenters. The van der Waals surface area contributed by atoms with Crippen molar-refractivity contribution < 1.29 is 22.7 Å². The Bertz CT molecular complexity index is 865. The van der Waals surface area contributed by atoms with Gasteiger partial charge < -0.3 is 9.64 Å². The molecule has 1 aromatic heterocycles. The van der Waals surface area contributed by atoms with E-state index in [1.165, 1.54) is 0 Å². The number of carbonyl (C=O) groups is 1. The molecule has 0 N–H and O–H groups in total. The molecule has 2 aliphatic heterocycles. The van der Waals surface area contributed by atoms with Gasteiger partial charge in [0, 0.05) is 24.4 Å². The number of amides is 1. The number of alkyl halides is 3. The second kappa shape index (κ2) is 5.18. The molecule has 7 heteroatoms. The number of terminal acetylenes is 1. The number of hydrogen-bond donors (Lipinski definition) is 0. The Morgan fingerprint density at radius 1 is 1.30 bits per heavy atom. The number of pyridine rings is 1. The van der Waals surface area contributed by atoms with E-state index in [-0.39, 0.29) is 37.3 Å². The number of halogens is 3. The number of fused-ring (bicyclic) bond motifs is 6. The highest BCUT2D eigenvalue weighted by Gasteiger charge is 2.69. The van der Waals surface area contributed by atoms with Crippen LogP contribution < -0.4 is 4.74 Å². The summed E-state index contributed by atoms with van der Waals surface area (Å²) in [5, 5.41) is 0. The Hall–Kier alpha value is -2.23. The summed E-state index contributed by atoms with van der Waals surface area (Å²) in [6.45, 7) is 0.392. The van der Waals surface area contributed by atoms with E-state index >= 15 is 0 Å². The van der Waals surface area contributed by atoms with Crippen molar-refractivity contribution in [3.63, 3.8) is 0 Å². The van der Waals surface area contributed by atoms with Crippen LogP contribution in [0.2, 0.25) is 0 Å². The minimum atomic E-state index is -4.24. The molecule has 142 valence electrons. The van der Waals surface area contributed by atoms with Crippen LogP contribution in [0, 0.1) is 23.2 Å². The molecule has 2 aliphatic carbocycles. The summed E-state index contributed by atoms with van der Waals surface area (Å²) in [5.41, 5.74) is -1.25. The van der Waals surface area contributed by atoms with Crippen molar-refractivity contribution in [3.05, 3.63) is 23.5 Å². The van der Waals surface area contributed by atoms with E-state index in [0.717, 1.165) is 5.56 Å². The van der Waals surface area contributed by atoms with Gasteiger partial charge in [-0.3, -0.25) is 9.78 Å². The first-order chi connectivity index (χ1) is 12.8. The Labute approximate surface area is 155 Å². The molecule has 0 radical (unpaired) electrons. The molecular formula is C20H19F3N2O2. The molecule has 1 amide bonds. The minimum absolute atomic E-state index is 0.0556. The van der Waals surface area contributed by atoms with Gasteiger partial charge in [0.2, 0.25) is 5.91 Å². The van der Waals surface area contributed by atoms with Crippen LogP contribution in [-0.4, -0.2) is 34.6 Å². The van der Waals surface area contributed by atoms with Gasteiger partial charge in [0.05, 0.1) is 29.0 Å². The average Bonchev–Trinajstić information content (AvgIpc) is 3.32. The van der Waals surface area contributed by atoms with Crippen LogP contribution in [-0.2, 0) is 4.79 Å². The van der Waals surface area contributed by atoms with Crippen LogP contribution in [0.4, 0.5) is 13.2 Å². The first kappa shape index (κ1) is 16.9. The molecule has 5 rings (SSSR count). The van der Waals surface area contributed by atoms with Crippen LogP contribution in [0.3, 0.4) is 0 Å². The smallest absolute Gasteiger partial charge is 0.394 e. The Morgan fingerprint density at radius 2 is 2.04 bits per heavy atom. The number of aromatic nitrogens is 1. The normalized spacial score (nSPS) is 36.3. The Balaban J connectivity index is 1.47. The van der Waals surface area contributed by atoms with Crippen molar-refractivity contribution in [3.8, 4) is 18.1 Å². The second-order valence-corrected chi connectivity index (χ2v) is 8.43. The lowest BCUT2D eigenvalue weighted by molar-refractivity contribution is -0.220. The van der Waals surface area contributed by atoms with Gasteiger partial charge in [-0.2, -0.15) is 13.2 Å². The van der Waals surface area contributed by atoms with Crippen molar-refractivity contribution in [2.24, 2.45) is 10.8 Å². The first-order valence-electron chi connectivity index (χ1n) is 9.28. The lowest BCUT2D eigenvalue weighted by atomic mass is 9.81. The molecule has 4 bridgehead atoms. The SMILES string of the molecule is C#Cc1cncc2c1O[C@H]1C[C@@H]2N(C(=O)C23CCC(C(F)(F)F)(CC2)C3)C1. The van der Waals surface area contributed by atoms with Crippen molar-refractivity contribution in [2.75, 3.05) is 6.54 Å². The molecule has 4 nitrogen and oxygen atoms in total. The molecule has 1 saturated heterocycles. The maximum Gasteiger partial charge on any atom is 0.394 e. The standard InChI is InChI=1S/C20H19F3N2O2/c1-2-12-8-24-9-14-15-7-13(27-16(12)14)10-25(15)17(26)18-3-5-19(11-18,6-4-18)20(21,22)23/h1,8-9,13,15H,3-7,10-11H2/t13-,15-,18?,19?/m0/s1. The third kappa shape index (κ3) is 2.13. The summed E-state index contributed by atoms with van der Waals surface area (Å²) >= 11 is 0. The number of rotatable bonds is 1.